The molecular weight excluding hydrogens is 168 g/mol. The Morgan fingerprint density at radius 2 is 1.79 bits per heavy atom. The van der Waals surface area contributed by atoms with E-state index >= 15 is 0 Å². The van der Waals surface area contributed by atoms with Gasteiger partial charge >= 0.3 is 0 Å². The van der Waals surface area contributed by atoms with Gasteiger partial charge in [-0.2, -0.15) is 0 Å². The van der Waals surface area contributed by atoms with Gasteiger partial charge in [0, 0.05) is 0 Å². The number of hydrogen-bond donors (Lipinski definition) is 0. The minimum absolute atomic E-state index is 1.26. The highest BCUT2D eigenvalue weighted by Gasteiger charge is 1.97. The molecule has 0 unspecified atom stereocenters. The Balaban J connectivity index is 0. The Hall–Kier alpha value is -0.520. The molecule has 0 fully saturated rings. The lowest BCUT2D eigenvalue weighted by Gasteiger charge is -2.06. The highest BCUT2D eigenvalue weighted by molar-refractivity contribution is 5.17. The fourth-order valence-electron chi connectivity index (χ4n) is 1.26. The van der Waals surface area contributed by atoms with Crippen LogP contribution in [0.4, 0.5) is 0 Å². The van der Waals surface area contributed by atoms with Gasteiger partial charge in [-0.15, -0.1) is 0 Å². The van der Waals surface area contributed by atoms with Crippen molar-refractivity contribution < 1.29 is 0 Å². The van der Waals surface area contributed by atoms with E-state index in [1.165, 1.54) is 32.1 Å². The van der Waals surface area contributed by atoms with E-state index in [1.54, 1.807) is 5.57 Å². The van der Waals surface area contributed by atoms with E-state index in [0.29, 0.717) is 0 Å². The van der Waals surface area contributed by atoms with Gasteiger partial charge in [-0.1, -0.05) is 64.8 Å². The van der Waals surface area contributed by atoms with Crippen molar-refractivity contribution in [2.45, 2.75) is 66.7 Å². The Bertz CT molecular complexity index is 140. The van der Waals surface area contributed by atoms with E-state index in [-0.39, 0.29) is 0 Å². The van der Waals surface area contributed by atoms with Crippen LogP contribution in [0.25, 0.3) is 0 Å². The van der Waals surface area contributed by atoms with Crippen LogP contribution < -0.4 is 0 Å². The molecule has 1 rings (SSSR count). The summed E-state index contributed by atoms with van der Waals surface area (Å²) >= 11 is 0. The second-order valence-corrected chi connectivity index (χ2v) is 2.90. The second kappa shape index (κ2) is 15.0. The van der Waals surface area contributed by atoms with Gasteiger partial charge in [0.05, 0.1) is 0 Å². The smallest absolute Gasteiger partial charge is 0.0282 e. The van der Waals surface area contributed by atoms with Gasteiger partial charge in [0.1, 0.15) is 0 Å². The van der Waals surface area contributed by atoms with Crippen molar-refractivity contribution in [2.24, 2.45) is 0 Å². The van der Waals surface area contributed by atoms with Gasteiger partial charge in [0.15, 0.2) is 0 Å². The van der Waals surface area contributed by atoms with Crippen LogP contribution in [0.5, 0.6) is 0 Å². The topological polar surface area (TPSA) is 0 Å². The standard InChI is InChI=1S/C10H16.2C2H6/c1-2-3-7-10-8-5-4-6-9-10;2*1-2/h4-5,8H,2-3,6-7,9H2,1H3;2*1-2H3. The predicted octanol–water partition coefficient (Wildman–Crippen LogP) is 5.51. The lowest BCUT2D eigenvalue weighted by Crippen LogP contribution is -1.86. The maximum absolute atomic E-state index is 2.28. The first-order valence-corrected chi connectivity index (χ1v) is 6.28. The summed E-state index contributed by atoms with van der Waals surface area (Å²) in [5.41, 5.74) is 1.64. The van der Waals surface area contributed by atoms with Crippen molar-refractivity contribution in [1.29, 1.82) is 0 Å². The van der Waals surface area contributed by atoms with Crippen molar-refractivity contribution in [3.05, 3.63) is 23.8 Å². The highest BCUT2D eigenvalue weighted by atomic mass is 14.0. The summed E-state index contributed by atoms with van der Waals surface area (Å²) in [5.74, 6) is 0. The molecule has 0 heteroatoms. The lowest BCUT2D eigenvalue weighted by molar-refractivity contribution is 0.750. The van der Waals surface area contributed by atoms with Gasteiger partial charge in [-0.05, 0) is 25.7 Å². The Morgan fingerprint density at radius 1 is 1.14 bits per heavy atom. The minimum Gasteiger partial charge on any atom is -0.0842 e. The molecule has 14 heavy (non-hydrogen) atoms. The monoisotopic (exact) mass is 196 g/mol. The largest absolute Gasteiger partial charge is 0.0842 e. The molecular formula is C14H28. The fourth-order valence-corrected chi connectivity index (χ4v) is 1.26. The average molecular weight is 196 g/mol. The predicted molar refractivity (Wildman–Crippen MR) is 68.7 cm³/mol. The van der Waals surface area contributed by atoms with Gasteiger partial charge < -0.3 is 0 Å². The fraction of sp³-hybridized carbons (Fsp3) is 0.714. The third-order valence-corrected chi connectivity index (χ3v) is 1.95. The Labute approximate surface area is 91.1 Å². The normalized spacial score (nSPS) is 13.1. The van der Waals surface area contributed by atoms with Crippen molar-refractivity contribution in [2.75, 3.05) is 0 Å². The molecule has 0 aromatic rings. The van der Waals surface area contributed by atoms with Crippen LogP contribution in [0.15, 0.2) is 23.8 Å². The van der Waals surface area contributed by atoms with Crippen LogP contribution in [-0.4, -0.2) is 0 Å². The van der Waals surface area contributed by atoms with E-state index in [9.17, 15) is 0 Å². The van der Waals surface area contributed by atoms with Crippen molar-refractivity contribution >= 4 is 0 Å². The van der Waals surface area contributed by atoms with Gasteiger partial charge in [0.2, 0.25) is 0 Å². The molecule has 0 atom stereocenters. The summed E-state index contributed by atoms with van der Waals surface area (Å²) in [5, 5.41) is 0. The first-order valence-electron chi connectivity index (χ1n) is 6.28. The third-order valence-electron chi connectivity index (χ3n) is 1.95. The van der Waals surface area contributed by atoms with Gasteiger partial charge in [0.25, 0.3) is 0 Å². The van der Waals surface area contributed by atoms with E-state index in [4.69, 9.17) is 0 Å². The zero-order chi connectivity index (χ0) is 11.2. The van der Waals surface area contributed by atoms with E-state index in [2.05, 4.69) is 25.2 Å². The maximum Gasteiger partial charge on any atom is -0.0282 e. The summed E-state index contributed by atoms with van der Waals surface area (Å²) in [6.07, 6.45) is 13.3. The van der Waals surface area contributed by atoms with E-state index in [0.717, 1.165) is 0 Å². The van der Waals surface area contributed by atoms with Gasteiger partial charge in [-0.3, -0.25) is 0 Å². The molecule has 0 amide bonds. The summed E-state index contributed by atoms with van der Waals surface area (Å²) < 4.78 is 0. The molecule has 0 aromatic heterocycles. The SMILES string of the molecule is CC.CC.CCCCC1=CC=CCC1. The minimum atomic E-state index is 1.26. The summed E-state index contributed by atoms with van der Waals surface area (Å²) in [7, 11) is 0. The molecule has 0 saturated carbocycles. The zero-order valence-electron chi connectivity index (χ0n) is 10.8. The summed E-state index contributed by atoms with van der Waals surface area (Å²) in [6.45, 7) is 10.2. The molecule has 0 aromatic carbocycles. The quantitative estimate of drug-likeness (QED) is 0.558. The number of rotatable bonds is 3. The second-order valence-electron chi connectivity index (χ2n) is 2.90. The Kier molecular flexibility index (Phi) is 17.0. The molecule has 1 aliphatic rings. The summed E-state index contributed by atoms with van der Waals surface area (Å²) in [4.78, 5) is 0. The van der Waals surface area contributed by atoms with Crippen molar-refractivity contribution in [1.82, 2.24) is 0 Å². The number of unbranched alkanes of at least 4 members (excludes halogenated alkanes) is 1. The zero-order valence-corrected chi connectivity index (χ0v) is 10.8. The van der Waals surface area contributed by atoms with Crippen LogP contribution in [0.1, 0.15) is 66.7 Å². The highest BCUT2D eigenvalue weighted by Crippen LogP contribution is 2.17. The molecule has 0 aliphatic heterocycles. The molecule has 0 spiro atoms. The Morgan fingerprint density at radius 3 is 2.21 bits per heavy atom. The van der Waals surface area contributed by atoms with Crippen LogP contribution in [0, 0.1) is 0 Å². The molecule has 1 aliphatic carbocycles. The summed E-state index contributed by atoms with van der Waals surface area (Å²) in [6, 6.07) is 0. The van der Waals surface area contributed by atoms with Crippen LogP contribution >= 0.6 is 0 Å². The molecule has 0 saturated heterocycles. The van der Waals surface area contributed by atoms with Crippen molar-refractivity contribution in [3.8, 4) is 0 Å². The molecule has 0 heterocycles. The van der Waals surface area contributed by atoms with Crippen LogP contribution in [0.3, 0.4) is 0 Å². The van der Waals surface area contributed by atoms with Gasteiger partial charge in [-0.25, -0.2) is 0 Å². The third kappa shape index (κ3) is 9.57. The van der Waals surface area contributed by atoms with Crippen LogP contribution in [-0.2, 0) is 0 Å². The van der Waals surface area contributed by atoms with Crippen LogP contribution in [0.2, 0.25) is 0 Å². The van der Waals surface area contributed by atoms with E-state index < -0.39 is 0 Å². The molecule has 0 bridgehead atoms. The average Bonchev–Trinajstić information content (AvgIpc) is 2.33. The molecule has 84 valence electrons. The molecule has 0 nitrogen and oxygen atoms in total. The number of allylic oxidation sites excluding steroid dienone is 4. The first kappa shape index (κ1) is 15.9. The first-order chi connectivity index (χ1) is 6.93. The van der Waals surface area contributed by atoms with E-state index in [1.807, 2.05) is 27.7 Å². The lowest BCUT2D eigenvalue weighted by atomic mass is 10.00. The van der Waals surface area contributed by atoms with Crippen molar-refractivity contribution in [3.63, 3.8) is 0 Å². The molecule has 0 radical (unpaired) electrons. The molecule has 0 N–H and O–H groups in total. The number of hydrogen-bond acceptors (Lipinski definition) is 0. The maximum atomic E-state index is 2.28.